The molecule has 8 nitrogen and oxygen atoms in total. The number of carbonyl (C=O) groups excluding carboxylic acids is 1. The van der Waals surface area contributed by atoms with Crippen molar-refractivity contribution in [3.05, 3.63) is 53.6 Å². The number of hydrogen-bond acceptors (Lipinski definition) is 5. The smallest absolute Gasteiger partial charge is 0.259 e. The molecule has 9 heteroatoms. The quantitative estimate of drug-likeness (QED) is 0.328. The molecule has 0 aliphatic carbocycles. The Morgan fingerprint density at radius 1 is 1.07 bits per heavy atom. The van der Waals surface area contributed by atoms with Crippen molar-refractivity contribution >= 4 is 35.8 Å². The van der Waals surface area contributed by atoms with Crippen LogP contribution in [0.2, 0.25) is 0 Å². The fraction of sp³-hybridized carbons (Fsp3) is 0.333. The van der Waals surface area contributed by atoms with Crippen LogP contribution < -0.4 is 24.8 Å². The number of fused-ring (bicyclic) bond motifs is 1. The van der Waals surface area contributed by atoms with Gasteiger partial charge in [-0.05, 0) is 35.4 Å². The molecule has 0 fully saturated rings. The van der Waals surface area contributed by atoms with Crippen LogP contribution >= 0.6 is 24.0 Å². The Morgan fingerprint density at radius 2 is 1.77 bits per heavy atom. The van der Waals surface area contributed by atoms with Crippen molar-refractivity contribution in [3.63, 3.8) is 0 Å². The molecule has 0 saturated carbocycles. The minimum Gasteiger partial charge on any atom is -0.484 e. The Bertz CT molecular complexity index is 889. The molecule has 0 bridgehead atoms. The van der Waals surface area contributed by atoms with Crippen molar-refractivity contribution in [3.8, 4) is 17.2 Å². The van der Waals surface area contributed by atoms with Gasteiger partial charge in [0.05, 0.1) is 0 Å². The number of halogens is 1. The van der Waals surface area contributed by atoms with Crippen molar-refractivity contribution < 1.29 is 19.0 Å². The zero-order valence-corrected chi connectivity index (χ0v) is 19.6. The lowest BCUT2D eigenvalue weighted by molar-refractivity contribution is -0.130. The second-order valence-electron chi connectivity index (χ2n) is 6.69. The molecule has 0 unspecified atom stereocenters. The van der Waals surface area contributed by atoms with Gasteiger partial charge in [-0.1, -0.05) is 18.2 Å². The first kappa shape index (κ1) is 23.6. The summed E-state index contributed by atoms with van der Waals surface area (Å²) in [6.07, 6.45) is 0. The number of hydrogen-bond donors (Lipinski definition) is 2. The third-order valence-corrected chi connectivity index (χ3v) is 4.34. The van der Waals surface area contributed by atoms with Gasteiger partial charge in [-0.3, -0.25) is 9.79 Å². The number of nitrogens with one attached hydrogen (secondary N) is 2. The summed E-state index contributed by atoms with van der Waals surface area (Å²) in [6, 6.07) is 13.5. The van der Waals surface area contributed by atoms with Crippen LogP contribution in [0.3, 0.4) is 0 Å². The Labute approximate surface area is 193 Å². The summed E-state index contributed by atoms with van der Waals surface area (Å²) in [7, 11) is 5.13. The average molecular weight is 526 g/mol. The normalized spacial score (nSPS) is 12.0. The third kappa shape index (κ3) is 6.68. The summed E-state index contributed by atoms with van der Waals surface area (Å²) in [4.78, 5) is 17.4. The van der Waals surface area contributed by atoms with Gasteiger partial charge in [-0.15, -0.1) is 24.0 Å². The summed E-state index contributed by atoms with van der Waals surface area (Å²) in [5, 5.41) is 6.55. The minimum absolute atomic E-state index is 0. The van der Waals surface area contributed by atoms with Crippen molar-refractivity contribution in [1.29, 1.82) is 0 Å². The number of benzene rings is 2. The highest BCUT2D eigenvalue weighted by atomic mass is 127. The fourth-order valence-electron chi connectivity index (χ4n) is 2.66. The fourth-order valence-corrected chi connectivity index (χ4v) is 2.66. The summed E-state index contributed by atoms with van der Waals surface area (Å²) in [5.74, 6) is 2.78. The second-order valence-corrected chi connectivity index (χ2v) is 6.69. The van der Waals surface area contributed by atoms with E-state index in [1.54, 1.807) is 21.1 Å². The van der Waals surface area contributed by atoms with Gasteiger partial charge >= 0.3 is 0 Å². The molecule has 0 spiro atoms. The van der Waals surface area contributed by atoms with Crippen molar-refractivity contribution in [1.82, 2.24) is 15.5 Å². The highest BCUT2D eigenvalue weighted by Gasteiger charge is 2.13. The first-order chi connectivity index (χ1) is 14.0. The predicted octanol–water partition coefficient (Wildman–Crippen LogP) is 2.37. The molecule has 0 radical (unpaired) electrons. The van der Waals surface area contributed by atoms with Crippen LogP contribution in [0.4, 0.5) is 0 Å². The van der Waals surface area contributed by atoms with E-state index in [-0.39, 0.29) is 43.3 Å². The number of nitrogens with zero attached hydrogens (tertiary/aromatic N) is 2. The number of aliphatic imine (C=N–C) groups is 1. The number of carbonyl (C=O) groups is 1. The van der Waals surface area contributed by atoms with E-state index in [2.05, 4.69) is 15.6 Å². The first-order valence-corrected chi connectivity index (χ1v) is 9.30. The lowest BCUT2D eigenvalue weighted by atomic mass is 10.2. The van der Waals surface area contributed by atoms with Crippen molar-refractivity contribution in [2.45, 2.75) is 13.1 Å². The third-order valence-electron chi connectivity index (χ3n) is 4.34. The van der Waals surface area contributed by atoms with Crippen LogP contribution in [0.1, 0.15) is 11.1 Å². The summed E-state index contributed by atoms with van der Waals surface area (Å²) < 4.78 is 16.3. The van der Waals surface area contributed by atoms with Crippen LogP contribution in [0, 0.1) is 0 Å². The standard InChI is InChI=1S/C21H26N4O4.HI/c1-22-21(24-12-16-7-8-18-19(10-16)29-14-28-18)23-11-15-5-4-6-17(9-15)27-13-20(26)25(2)3;/h4-10H,11-14H2,1-3H3,(H2,22,23,24);1H. The van der Waals surface area contributed by atoms with Gasteiger partial charge in [0, 0.05) is 34.2 Å². The highest BCUT2D eigenvalue weighted by molar-refractivity contribution is 14.0. The molecule has 0 aromatic heterocycles. The Kier molecular flexibility index (Phi) is 9.03. The summed E-state index contributed by atoms with van der Waals surface area (Å²) in [5.41, 5.74) is 2.09. The first-order valence-electron chi connectivity index (χ1n) is 9.30. The molecular weight excluding hydrogens is 499 g/mol. The van der Waals surface area contributed by atoms with Crippen LogP contribution in [-0.2, 0) is 17.9 Å². The molecule has 30 heavy (non-hydrogen) atoms. The van der Waals surface area contributed by atoms with Crippen LogP contribution in [-0.4, -0.2) is 51.3 Å². The number of likely N-dealkylation sites (N-methyl/N-ethyl adjacent to an activating group) is 1. The van der Waals surface area contributed by atoms with Gasteiger partial charge in [0.1, 0.15) is 5.75 Å². The van der Waals surface area contributed by atoms with E-state index < -0.39 is 0 Å². The lowest BCUT2D eigenvalue weighted by Gasteiger charge is -2.14. The predicted molar refractivity (Wildman–Crippen MR) is 126 cm³/mol. The Morgan fingerprint density at radius 3 is 2.47 bits per heavy atom. The number of rotatable bonds is 7. The molecule has 0 saturated heterocycles. The maximum absolute atomic E-state index is 11.7. The maximum Gasteiger partial charge on any atom is 0.259 e. The molecule has 1 heterocycles. The Hall–Kier alpha value is -2.69. The zero-order valence-electron chi connectivity index (χ0n) is 17.3. The lowest BCUT2D eigenvalue weighted by Crippen LogP contribution is -2.36. The molecule has 1 amide bonds. The SMILES string of the molecule is CN=C(NCc1cccc(OCC(=O)N(C)C)c1)NCc1ccc2c(c1)OCO2.I. The molecule has 3 rings (SSSR count). The van der Waals surface area contributed by atoms with E-state index >= 15 is 0 Å². The zero-order chi connectivity index (χ0) is 20.6. The largest absolute Gasteiger partial charge is 0.484 e. The van der Waals surface area contributed by atoms with Crippen molar-refractivity contribution in [2.75, 3.05) is 34.5 Å². The molecule has 2 aromatic rings. The van der Waals surface area contributed by atoms with Crippen molar-refractivity contribution in [2.24, 2.45) is 4.99 Å². The van der Waals surface area contributed by atoms with E-state index in [1.165, 1.54) is 4.90 Å². The van der Waals surface area contributed by atoms with E-state index in [4.69, 9.17) is 14.2 Å². The summed E-state index contributed by atoms with van der Waals surface area (Å²) >= 11 is 0. The Balaban J connectivity index is 0.00000320. The van der Waals surface area contributed by atoms with Crippen LogP contribution in [0.15, 0.2) is 47.5 Å². The van der Waals surface area contributed by atoms with Crippen LogP contribution in [0.5, 0.6) is 17.2 Å². The second kappa shape index (κ2) is 11.5. The van der Waals surface area contributed by atoms with Gasteiger partial charge in [-0.2, -0.15) is 0 Å². The monoisotopic (exact) mass is 526 g/mol. The highest BCUT2D eigenvalue weighted by Crippen LogP contribution is 2.32. The van der Waals surface area contributed by atoms with Gasteiger partial charge in [-0.25, -0.2) is 0 Å². The molecule has 0 atom stereocenters. The average Bonchev–Trinajstić information content (AvgIpc) is 3.20. The minimum atomic E-state index is -0.0818. The number of amides is 1. The van der Waals surface area contributed by atoms with E-state index in [9.17, 15) is 4.79 Å². The topological polar surface area (TPSA) is 84.4 Å². The maximum atomic E-state index is 11.7. The van der Waals surface area contributed by atoms with Gasteiger partial charge < -0.3 is 29.7 Å². The molecule has 2 aromatic carbocycles. The van der Waals surface area contributed by atoms with E-state index in [0.717, 1.165) is 22.6 Å². The number of guanidine groups is 1. The van der Waals surface area contributed by atoms with E-state index in [0.29, 0.717) is 24.8 Å². The molecule has 1 aliphatic heterocycles. The van der Waals surface area contributed by atoms with E-state index in [1.807, 2.05) is 42.5 Å². The van der Waals surface area contributed by atoms with Gasteiger partial charge in [0.15, 0.2) is 24.1 Å². The molecule has 2 N–H and O–H groups in total. The molecule has 1 aliphatic rings. The number of ether oxygens (including phenoxy) is 3. The summed E-state index contributed by atoms with van der Waals surface area (Å²) in [6.45, 7) is 1.45. The van der Waals surface area contributed by atoms with Gasteiger partial charge in [0.25, 0.3) is 5.91 Å². The van der Waals surface area contributed by atoms with Gasteiger partial charge in [0.2, 0.25) is 6.79 Å². The molecular formula is C21H27IN4O4. The molecule has 162 valence electrons. The van der Waals surface area contributed by atoms with Crippen LogP contribution in [0.25, 0.3) is 0 Å².